The highest BCUT2D eigenvalue weighted by atomic mass is 16.6. The molecule has 0 aromatic heterocycles. The van der Waals surface area contributed by atoms with Crippen LogP contribution in [0.4, 0.5) is 0 Å². The molecule has 0 radical (unpaired) electrons. The first-order valence-corrected chi connectivity index (χ1v) is 11.6. The Balaban J connectivity index is 1.89. The van der Waals surface area contributed by atoms with Crippen molar-refractivity contribution in [3.63, 3.8) is 0 Å². The van der Waals surface area contributed by atoms with Gasteiger partial charge in [-0.3, -0.25) is 4.79 Å². The number of carboxylic acid groups (broad SMARTS) is 1. The summed E-state index contributed by atoms with van der Waals surface area (Å²) < 4.78 is 17.6. The topological polar surface area (TPSA) is 88.5 Å². The van der Waals surface area contributed by atoms with Gasteiger partial charge in [0.2, 0.25) is 0 Å². The first kappa shape index (κ1) is 26.0. The fourth-order valence-electron chi connectivity index (χ4n) is 5.22. The summed E-state index contributed by atoms with van der Waals surface area (Å²) in [6.07, 6.45) is 8.21. The highest BCUT2D eigenvalue weighted by Gasteiger charge is 2.56. The number of aliphatic carboxylic acids is 1. The molecule has 2 aliphatic heterocycles. The Hall–Kier alpha value is -1.21. The molecule has 6 heteroatoms. The average molecular weight is 439 g/mol. The van der Waals surface area contributed by atoms with Crippen LogP contribution in [0.2, 0.25) is 0 Å². The largest absolute Gasteiger partial charge is 0.481 e. The lowest BCUT2D eigenvalue weighted by Crippen LogP contribution is -2.36. The summed E-state index contributed by atoms with van der Waals surface area (Å²) in [4.78, 5) is 11.0. The second-order valence-electron chi connectivity index (χ2n) is 9.96. The van der Waals surface area contributed by atoms with Crippen molar-refractivity contribution in [1.29, 1.82) is 0 Å². The van der Waals surface area contributed by atoms with E-state index >= 15 is 0 Å². The van der Waals surface area contributed by atoms with E-state index in [1.165, 1.54) is 0 Å². The van der Waals surface area contributed by atoms with Crippen molar-refractivity contribution >= 4 is 5.97 Å². The van der Waals surface area contributed by atoms with Crippen molar-refractivity contribution in [3.05, 3.63) is 23.8 Å². The van der Waals surface area contributed by atoms with Crippen molar-refractivity contribution in [1.82, 2.24) is 0 Å². The molecule has 0 saturated carbocycles. The summed E-state index contributed by atoms with van der Waals surface area (Å²) in [5.74, 6) is 0.0402. The molecule has 0 spiro atoms. The van der Waals surface area contributed by atoms with Gasteiger partial charge in [0.15, 0.2) is 0 Å². The summed E-state index contributed by atoms with van der Waals surface area (Å²) >= 11 is 0. The van der Waals surface area contributed by atoms with Crippen LogP contribution in [-0.2, 0) is 19.0 Å². The zero-order valence-corrected chi connectivity index (χ0v) is 20.2. The fourth-order valence-corrected chi connectivity index (χ4v) is 5.22. The molecule has 2 aliphatic rings. The molecule has 178 valence electrons. The van der Waals surface area contributed by atoms with Crippen LogP contribution in [0.25, 0.3) is 0 Å². The number of allylic oxidation sites excluding steroid dienone is 3. The quantitative estimate of drug-likeness (QED) is 0.368. The molecular formula is C25H42O6. The van der Waals surface area contributed by atoms with Gasteiger partial charge >= 0.3 is 5.97 Å². The van der Waals surface area contributed by atoms with Crippen molar-refractivity contribution in [2.75, 3.05) is 7.11 Å². The third-order valence-electron chi connectivity index (χ3n) is 6.86. The molecule has 31 heavy (non-hydrogen) atoms. The van der Waals surface area contributed by atoms with Crippen LogP contribution < -0.4 is 0 Å². The maximum Gasteiger partial charge on any atom is 0.305 e. The highest BCUT2D eigenvalue weighted by molar-refractivity contribution is 5.67. The lowest BCUT2D eigenvalue weighted by molar-refractivity contribution is -0.143. The average Bonchev–Trinajstić information content (AvgIpc) is 3.33. The maximum absolute atomic E-state index is 11.0. The van der Waals surface area contributed by atoms with Crippen LogP contribution in [0.5, 0.6) is 0 Å². The van der Waals surface area contributed by atoms with Crippen LogP contribution in [0, 0.1) is 17.8 Å². The zero-order chi connectivity index (χ0) is 23.3. The number of rotatable bonds is 11. The Morgan fingerprint density at radius 2 is 1.97 bits per heavy atom. The van der Waals surface area contributed by atoms with Crippen LogP contribution in [0.1, 0.15) is 67.2 Å². The molecular weight excluding hydrogens is 396 g/mol. The third-order valence-corrected chi connectivity index (χ3v) is 6.86. The van der Waals surface area contributed by atoms with E-state index in [0.717, 1.165) is 24.8 Å². The predicted octanol–water partition coefficient (Wildman–Crippen LogP) is 4.36. The van der Waals surface area contributed by atoms with Gasteiger partial charge in [0.1, 0.15) is 0 Å². The Kier molecular flexibility index (Phi) is 9.31. The summed E-state index contributed by atoms with van der Waals surface area (Å²) in [5.41, 5.74) is 0.935. The Bertz CT molecular complexity index is 656. The number of hydrogen-bond donors (Lipinski definition) is 2. The van der Waals surface area contributed by atoms with Gasteiger partial charge in [-0.05, 0) is 57.4 Å². The molecule has 0 amide bonds. The lowest BCUT2D eigenvalue weighted by Gasteiger charge is -2.35. The van der Waals surface area contributed by atoms with E-state index in [4.69, 9.17) is 19.3 Å². The molecule has 0 aromatic carbocycles. The highest BCUT2D eigenvalue weighted by Crippen LogP contribution is 2.47. The Labute approximate surface area is 187 Å². The minimum absolute atomic E-state index is 0.0287. The molecule has 0 bridgehead atoms. The molecule has 9 atom stereocenters. The number of carbonyl (C=O) groups is 1. The maximum atomic E-state index is 11.0. The number of aliphatic hydroxyl groups is 1. The van der Waals surface area contributed by atoms with Gasteiger partial charge in [0.25, 0.3) is 0 Å². The Morgan fingerprint density at radius 3 is 2.55 bits per heavy atom. The van der Waals surface area contributed by atoms with Gasteiger partial charge in [-0.15, -0.1) is 0 Å². The molecule has 9 unspecified atom stereocenters. The van der Waals surface area contributed by atoms with Gasteiger partial charge < -0.3 is 24.4 Å². The van der Waals surface area contributed by atoms with E-state index in [0.29, 0.717) is 11.8 Å². The number of carboxylic acids is 1. The van der Waals surface area contributed by atoms with E-state index in [9.17, 15) is 9.90 Å². The van der Waals surface area contributed by atoms with Crippen molar-refractivity contribution < 1.29 is 29.2 Å². The van der Waals surface area contributed by atoms with Gasteiger partial charge in [-0.2, -0.15) is 0 Å². The first-order chi connectivity index (χ1) is 14.5. The van der Waals surface area contributed by atoms with E-state index < -0.39 is 12.1 Å². The van der Waals surface area contributed by atoms with Crippen molar-refractivity contribution in [3.8, 4) is 0 Å². The summed E-state index contributed by atoms with van der Waals surface area (Å²) in [7, 11) is 1.63. The molecule has 2 rings (SSSR count). The fraction of sp³-hybridized carbons (Fsp3) is 0.800. The molecule has 2 fully saturated rings. The number of methoxy groups -OCH3 is 1. The zero-order valence-electron chi connectivity index (χ0n) is 20.2. The Morgan fingerprint density at radius 1 is 1.29 bits per heavy atom. The van der Waals surface area contributed by atoms with E-state index in [1.807, 2.05) is 0 Å². The molecule has 2 saturated heterocycles. The van der Waals surface area contributed by atoms with Crippen LogP contribution in [-0.4, -0.2) is 59.4 Å². The van der Waals surface area contributed by atoms with E-state index in [2.05, 4.69) is 52.8 Å². The van der Waals surface area contributed by atoms with Crippen molar-refractivity contribution in [2.45, 2.75) is 103 Å². The molecule has 0 aromatic rings. The lowest BCUT2D eigenvalue weighted by atomic mass is 9.85. The second-order valence-corrected chi connectivity index (χ2v) is 9.96. The minimum Gasteiger partial charge on any atom is -0.481 e. The molecule has 0 aliphatic carbocycles. The van der Waals surface area contributed by atoms with Crippen LogP contribution in [0.15, 0.2) is 23.8 Å². The van der Waals surface area contributed by atoms with Crippen LogP contribution in [0.3, 0.4) is 0 Å². The molecule has 6 nitrogen and oxygen atoms in total. The standard InChI is InChI=1S/C25H42O6/c1-15(14-25(6)24(31-25)18(4)23(29-7)19(5)26)9-8-10-16(2)22-17(3)11-12-20(30-22)13-21(27)28/h8-10,15,17-20,22-24,26H,11-14H2,1-7H3,(H,27,28)/b9-8+,16-10+. The third kappa shape index (κ3) is 7.14. The summed E-state index contributed by atoms with van der Waals surface area (Å²) in [6, 6.07) is 0. The summed E-state index contributed by atoms with van der Waals surface area (Å²) in [6.45, 7) is 12.4. The number of epoxide rings is 1. The molecule has 2 N–H and O–H groups in total. The smallest absolute Gasteiger partial charge is 0.305 e. The van der Waals surface area contributed by atoms with Gasteiger partial charge in [0.05, 0.1) is 42.5 Å². The van der Waals surface area contributed by atoms with Crippen molar-refractivity contribution in [2.24, 2.45) is 17.8 Å². The number of aliphatic hydroxyl groups excluding tert-OH is 1. The second kappa shape index (κ2) is 11.1. The SMILES string of the molecule is COC(C(C)O)C(C)C1OC1(C)CC(C)/C=C/C=C(\C)C1OC(CC(=O)O)CCC1C. The monoisotopic (exact) mass is 438 g/mol. The van der Waals surface area contributed by atoms with Gasteiger partial charge in [0, 0.05) is 13.0 Å². The first-order valence-electron chi connectivity index (χ1n) is 11.6. The summed E-state index contributed by atoms with van der Waals surface area (Å²) in [5, 5.41) is 19.0. The van der Waals surface area contributed by atoms with Crippen LogP contribution >= 0.6 is 0 Å². The van der Waals surface area contributed by atoms with Gasteiger partial charge in [-0.1, -0.05) is 39.0 Å². The van der Waals surface area contributed by atoms with E-state index in [1.54, 1.807) is 14.0 Å². The van der Waals surface area contributed by atoms with E-state index in [-0.39, 0.29) is 42.4 Å². The normalized spacial score (nSPS) is 35.5. The van der Waals surface area contributed by atoms with Gasteiger partial charge in [-0.25, -0.2) is 0 Å². The molecule has 2 heterocycles. The number of hydrogen-bond acceptors (Lipinski definition) is 5. The number of ether oxygens (including phenoxy) is 3. The predicted molar refractivity (Wildman–Crippen MR) is 121 cm³/mol. The minimum atomic E-state index is -0.803.